The van der Waals surface area contributed by atoms with E-state index in [0.29, 0.717) is 18.4 Å². The smallest absolute Gasteiger partial charge is 0.162 e. The van der Waals surface area contributed by atoms with Crippen molar-refractivity contribution in [2.75, 3.05) is 13.7 Å². The summed E-state index contributed by atoms with van der Waals surface area (Å²) < 4.78 is 9.98. The van der Waals surface area contributed by atoms with E-state index >= 15 is 0 Å². The second kappa shape index (κ2) is 6.06. The molecule has 0 bridgehead atoms. The molecule has 0 aliphatic heterocycles. The van der Waals surface area contributed by atoms with Crippen molar-refractivity contribution < 1.29 is 9.26 Å². The van der Waals surface area contributed by atoms with Gasteiger partial charge in [0.25, 0.3) is 0 Å². The molecule has 0 saturated heterocycles. The largest absolute Gasteiger partial charge is 0.377 e. The average molecular weight is 216 g/mol. The number of hydrogen-bond acceptors (Lipinski definition) is 5. The van der Waals surface area contributed by atoms with E-state index in [4.69, 9.17) is 15.0 Å². The second-order valence-corrected chi connectivity index (χ2v) is 4.50. The Morgan fingerprint density at radius 1 is 1.71 bits per heavy atom. The molecule has 2 N–H and O–H groups in total. The summed E-state index contributed by atoms with van der Waals surface area (Å²) >= 11 is 1.77. The van der Waals surface area contributed by atoms with Crippen LogP contribution in [0.1, 0.15) is 18.4 Å². The fourth-order valence-electron chi connectivity index (χ4n) is 0.930. The van der Waals surface area contributed by atoms with Crippen LogP contribution in [-0.4, -0.2) is 24.1 Å². The molecule has 0 radical (unpaired) electrons. The van der Waals surface area contributed by atoms with Gasteiger partial charge >= 0.3 is 0 Å². The molecule has 0 aliphatic carbocycles. The highest BCUT2D eigenvalue weighted by molar-refractivity contribution is 7.99. The topological polar surface area (TPSA) is 61.3 Å². The van der Waals surface area contributed by atoms with Crippen molar-refractivity contribution >= 4 is 11.8 Å². The highest BCUT2D eigenvalue weighted by Gasteiger charge is 2.06. The van der Waals surface area contributed by atoms with Gasteiger partial charge in [-0.1, -0.05) is 12.1 Å². The third kappa shape index (κ3) is 3.69. The van der Waals surface area contributed by atoms with Crippen LogP contribution >= 0.6 is 11.8 Å². The highest BCUT2D eigenvalue weighted by atomic mass is 32.2. The standard InChI is InChI=1S/C9H16N2O2S/c1-7(4-10)14-6-8-3-9(5-12-2)13-11-8/h3,7H,4-6,10H2,1-2H3. The molecule has 0 aromatic carbocycles. The molecule has 0 amide bonds. The van der Waals surface area contributed by atoms with E-state index in [0.717, 1.165) is 17.2 Å². The van der Waals surface area contributed by atoms with Gasteiger partial charge in [-0.15, -0.1) is 0 Å². The van der Waals surface area contributed by atoms with Gasteiger partial charge in [0.05, 0.1) is 5.69 Å². The SMILES string of the molecule is COCc1cc(CSC(C)CN)no1. The summed E-state index contributed by atoms with van der Waals surface area (Å²) in [6.07, 6.45) is 0. The molecule has 1 aromatic rings. The molecule has 1 atom stereocenters. The lowest BCUT2D eigenvalue weighted by Gasteiger charge is -2.04. The molecule has 5 heteroatoms. The highest BCUT2D eigenvalue weighted by Crippen LogP contribution is 2.16. The normalized spacial score (nSPS) is 13.1. The Balaban J connectivity index is 2.35. The van der Waals surface area contributed by atoms with Crippen LogP contribution in [0, 0.1) is 0 Å². The molecule has 0 spiro atoms. The quantitative estimate of drug-likeness (QED) is 0.779. The van der Waals surface area contributed by atoms with Gasteiger partial charge in [-0.25, -0.2) is 0 Å². The van der Waals surface area contributed by atoms with Crippen molar-refractivity contribution in [3.8, 4) is 0 Å². The minimum atomic E-state index is 0.456. The van der Waals surface area contributed by atoms with Gasteiger partial charge in [0, 0.05) is 30.7 Å². The summed E-state index contributed by atoms with van der Waals surface area (Å²) in [5.41, 5.74) is 6.45. The second-order valence-electron chi connectivity index (χ2n) is 3.07. The van der Waals surface area contributed by atoms with Crippen LogP contribution in [0.3, 0.4) is 0 Å². The van der Waals surface area contributed by atoms with Crippen LogP contribution in [0.4, 0.5) is 0 Å². The van der Waals surface area contributed by atoms with E-state index in [1.165, 1.54) is 0 Å². The maximum atomic E-state index is 5.50. The van der Waals surface area contributed by atoms with Crippen LogP contribution in [0.15, 0.2) is 10.6 Å². The van der Waals surface area contributed by atoms with Crippen molar-refractivity contribution in [3.63, 3.8) is 0 Å². The summed E-state index contributed by atoms with van der Waals surface area (Å²) in [6.45, 7) is 3.26. The van der Waals surface area contributed by atoms with Crippen molar-refractivity contribution in [1.29, 1.82) is 0 Å². The molecule has 80 valence electrons. The van der Waals surface area contributed by atoms with Crippen LogP contribution in [0.2, 0.25) is 0 Å². The first kappa shape index (κ1) is 11.6. The molecular weight excluding hydrogens is 200 g/mol. The van der Waals surface area contributed by atoms with E-state index in [2.05, 4.69) is 12.1 Å². The minimum Gasteiger partial charge on any atom is -0.377 e. The Bertz CT molecular complexity index is 265. The van der Waals surface area contributed by atoms with Gasteiger partial charge in [-0.2, -0.15) is 11.8 Å². The maximum absolute atomic E-state index is 5.50. The molecule has 4 nitrogen and oxygen atoms in total. The Hall–Kier alpha value is -0.520. The van der Waals surface area contributed by atoms with E-state index in [1.54, 1.807) is 18.9 Å². The predicted molar refractivity (Wildman–Crippen MR) is 57.0 cm³/mol. The Morgan fingerprint density at radius 2 is 2.50 bits per heavy atom. The first-order valence-electron chi connectivity index (χ1n) is 4.51. The maximum Gasteiger partial charge on any atom is 0.162 e. The molecule has 1 unspecified atom stereocenters. The van der Waals surface area contributed by atoms with Crippen LogP contribution in [-0.2, 0) is 17.1 Å². The zero-order valence-electron chi connectivity index (χ0n) is 8.53. The lowest BCUT2D eigenvalue weighted by atomic mass is 10.4. The molecule has 1 heterocycles. The number of aromatic nitrogens is 1. The molecule has 0 fully saturated rings. The van der Waals surface area contributed by atoms with Crippen LogP contribution in [0.5, 0.6) is 0 Å². The number of nitrogens with two attached hydrogens (primary N) is 1. The summed E-state index contributed by atoms with van der Waals surface area (Å²) in [7, 11) is 1.63. The van der Waals surface area contributed by atoms with Gasteiger partial charge in [0.15, 0.2) is 5.76 Å². The molecule has 14 heavy (non-hydrogen) atoms. The minimum absolute atomic E-state index is 0.456. The first-order chi connectivity index (χ1) is 6.76. The van der Waals surface area contributed by atoms with E-state index in [9.17, 15) is 0 Å². The molecule has 1 aromatic heterocycles. The van der Waals surface area contributed by atoms with E-state index < -0.39 is 0 Å². The van der Waals surface area contributed by atoms with E-state index in [1.807, 2.05) is 6.07 Å². The molecule has 0 aliphatic rings. The van der Waals surface area contributed by atoms with E-state index in [-0.39, 0.29) is 0 Å². The van der Waals surface area contributed by atoms with Gasteiger partial charge < -0.3 is 15.0 Å². The third-order valence-electron chi connectivity index (χ3n) is 1.74. The first-order valence-corrected chi connectivity index (χ1v) is 5.56. The van der Waals surface area contributed by atoms with Crippen molar-refractivity contribution in [2.24, 2.45) is 5.73 Å². The number of hydrogen-bond donors (Lipinski definition) is 1. The summed E-state index contributed by atoms with van der Waals surface area (Å²) in [5, 5.41) is 4.38. The summed E-state index contributed by atoms with van der Waals surface area (Å²) in [6, 6.07) is 1.92. The van der Waals surface area contributed by atoms with Gasteiger partial charge in [0.2, 0.25) is 0 Å². The monoisotopic (exact) mass is 216 g/mol. The zero-order chi connectivity index (χ0) is 10.4. The van der Waals surface area contributed by atoms with Crippen molar-refractivity contribution in [1.82, 2.24) is 5.16 Å². The van der Waals surface area contributed by atoms with Gasteiger partial charge in [0.1, 0.15) is 6.61 Å². The van der Waals surface area contributed by atoms with Crippen molar-refractivity contribution in [3.05, 3.63) is 17.5 Å². The lowest BCUT2D eigenvalue weighted by molar-refractivity contribution is 0.156. The Kier molecular flexibility index (Phi) is 5.00. The number of rotatable bonds is 6. The van der Waals surface area contributed by atoms with Crippen LogP contribution < -0.4 is 5.73 Å². The predicted octanol–water partition coefficient (Wildman–Crippen LogP) is 1.40. The summed E-state index contributed by atoms with van der Waals surface area (Å²) in [4.78, 5) is 0. The number of thioether (sulfide) groups is 1. The fraction of sp³-hybridized carbons (Fsp3) is 0.667. The number of ether oxygens (including phenoxy) is 1. The summed E-state index contributed by atoms with van der Waals surface area (Å²) in [5.74, 6) is 1.61. The van der Waals surface area contributed by atoms with Crippen molar-refractivity contribution in [2.45, 2.75) is 24.5 Å². The Morgan fingerprint density at radius 3 is 3.14 bits per heavy atom. The third-order valence-corrected chi connectivity index (χ3v) is 2.97. The zero-order valence-corrected chi connectivity index (χ0v) is 9.34. The number of methoxy groups -OCH3 is 1. The molecular formula is C9H16N2O2S. The van der Waals surface area contributed by atoms with Crippen LogP contribution in [0.25, 0.3) is 0 Å². The Labute approximate surface area is 88.2 Å². The van der Waals surface area contributed by atoms with Gasteiger partial charge in [-0.05, 0) is 0 Å². The molecule has 1 rings (SSSR count). The lowest BCUT2D eigenvalue weighted by Crippen LogP contribution is -2.12. The molecule has 0 saturated carbocycles. The van der Waals surface area contributed by atoms with Gasteiger partial charge in [-0.3, -0.25) is 0 Å². The average Bonchev–Trinajstić information content (AvgIpc) is 2.63. The fourth-order valence-corrected chi connectivity index (χ4v) is 1.66. The number of nitrogens with zero attached hydrogens (tertiary/aromatic N) is 1.